The van der Waals surface area contributed by atoms with Gasteiger partial charge in [-0.05, 0) is 25.1 Å². The van der Waals surface area contributed by atoms with Crippen molar-refractivity contribution in [2.75, 3.05) is 31.1 Å². The smallest absolute Gasteiger partial charge is 0.0218 e. The zero-order chi connectivity index (χ0) is 9.52. The Hall–Kier alpha value is 0.560. The van der Waals surface area contributed by atoms with Crippen molar-refractivity contribution in [1.29, 1.82) is 0 Å². The van der Waals surface area contributed by atoms with Gasteiger partial charge in [0, 0.05) is 24.9 Å². The van der Waals surface area contributed by atoms with Crippen LogP contribution in [0.25, 0.3) is 0 Å². The molecule has 4 heteroatoms. The molecule has 2 nitrogen and oxygen atoms in total. The highest BCUT2D eigenvalue weighted by molar-refractivity contribution is 7.99. The van der Waals surface area contributed by atoms with Crippen LogP contribution in [0.5, 0.6) is 0 Å². The first-order chi connectivity index (χ1) is 6.38. The molecular formula is C10H23ClN2S. The minimum Gasteiger partial charge on any atom is -0.329 e. The molecule has 1 heterocycles. The number of hydrogen-bond acceptors (Lipinski definition) is 3. The molecule has 1 rings (SSSR count). The average Bonchev–Trinajstić information content (AvgIpc) is 2.19. The predicted octanol–water partition coefficient (Wildman–Crippen LogP) is 1.97. The van der Waals surface area contributed by atoms with Gasteiger partial charge in [0.05, 0.1) is 0 Å². The van der Waals surface area contributed by atoms with E-state index in [2.05, 4.69) is 11.8 Å². The number of halogens is 1. The van der Waals surface area contributed by atoms with Crippen LogP contribution < -0.4 is 5.73 Å². The summed E-state index contributed by atoms with van der Waals surface area (Å²) in [6.45, 7) is 5.57. The normalized spacial score (nSPS) is 23.1. The first kappa shape index (κ1) is 14.6. The first-order valence-corrected chi connectivity index (χ1v) is 6.55. The van der Waals surface area contributed by atoms with Gasteiger partial charge >= 0.3 is 0 Å². The van der Waals surface area contributed by atoms with Gasteiger partial charge in [-0.25, -0.2) is 0 Å². The molecule has 1 aliphatic heterocycles. The van der Waals surface area contributed by atoms with E-state index in [0.29, 0.717) is 6.04 Å². The number of thioether (sulfide) groups is 1. The van der Waals surface area contributed by atoms with E-state index in [0.717, 1.165) is 6.54 Å². The molecule has 14 heavy (non-hydrogen) atoms. The van der Waals surface area contributed by atoms with Crippen LogP contribution >= 0.6 is 24.2 Å². The highest BCUT2D eigenvalue weighted by atomic mass is 35.5. The van der Waals surface area contributed by atoms with Gasteiger partial charge in [0.25, 0.3) is 0 Å². The quantitative estimate of drug-likeness (QED) is 0.743. The van der Waals surface area contributed by atoms with Crippen molar-refractivity contribution in [1.82, 2.24) is 4.90 Å². The third-order valence-corrected chi connectivity index (χ3v) is 3.63. The number of nitrogens with two attached hydrogens (primary N) is 1. The van der Waals surface area contributed by atoms with Gasteiger partial charge < -0.3 is 5.73 Å². The second-order valence-electron chi connectivity index (χ2n) is 3.62. The van der Waals surface area contributed by atoms with Crippen LogP contribution in [0.2, 0.25) is 0 Å². The fourth-order valence-corrected chi connectivity index (χ4v) is 2.60. The minimum absolute atomic E-state index is 0. The monoisotopic (exact) mass is 238 g/mol. The second kappa shape index (κ2) is 8.84. The van der Waals surface area contributed by atoms with E-state index in [-0.39, 0.29) is 12.4 Å². The van der Waals surface area contributed by atoms with Crippen LogP contribution in [0.1, 0.15) is 26.2 Å². The lowest BCUT2D eigenvalue weighted by molar-refractivity contribution is 0.163. The van der Waals surface area contributed by atoms with Gasteiger partial charge in [0.15, 0.2) is 0 Å². The van der Waals surface area contributed by atoms with Gasteiger partial charge in [0.2, 0.25) is 0 Å². The lowest BCUT2D eigenvalue weighted by atomic mass is 10.0. The zero-order valence-electron chi connectivity index (χ0n) is 9.08. The Bertz CT molecular complexity index is 135. The van der Waals surface area contributed by atoms with Crippen molar-refractivity contribution in [3.63, 3.8) is 0 Å². The first-order valence-electron chi connectivity index (χ1n) is 5.40. The molecule has 0 amide bonds. The third kappa shape index (κ3) is 4.87. The highest BCUT2D eigenvalue weighted by Crippen LogP contribution is 2.16. The lowest BCUT2D eigenvalue weighted by Gasteiger charge is -2.34. The Morgan fingerprint density at radius 3 is 2.86 bits per heavy atom. The Morgan fingerprint density at radius 1 is 1.43 bits per heavy atom. The molecule has 86 valence electrons. The number of likely N-dealkylation sites (tertiary alicyclic amines) is 1. The number of rotatable bonds is 5. The van der Waals surface area contributed by atoms with Crippen LogP contribution in [0.4, 0.5) is 0 Å². The maximum absolute atomic E-state index is 5.75. The molecule has 0 aliphatic carbocycles. The molecule has 0 aromatic heterocycles. The molecular weight excluding hydrogens is 216 g/mol. The van der Waals surface area contributed by atoms with Crippen molar-refractivity contribution in [2.24, 2.45) is 5.73 Å². The van der Waals surface area contributed by atoms with Gasteiger partial charge in [0.1, 0.15) is 0 Å². The zero-order valence-corrected chi connectivity index (χ0v) is 10.7. The summed E-state index contributed by atoms with van der Waals surface area (Å²) < 4.78 is 0. The third-order valence-electron chi connectivity index (χ3n) is 2.75. The summed E-state index contributed by atoms with van der Waals surface area (Å²) in [6.07, 6.45) is 4.06. The maximum Gasteiger partial charge on any atom is 0.0218 e. The molecule has 0 aromatic carbocycles. The van der Waals surface area contributed by atoms with Crippen molar-refractivity contribution in [3.8, 4) is 0 Å². The molecule has 0 spiro atoms. The fraction of sp³-hybridized carbons (Fsp3) is 1.00. The minimum atomic E-state index is 0. The summed E-state index contributed by atoms with van der Waals surface area (Å²) >= 11 is 2.03. The Kier molecular flexibility index (Phi) is 9.19. The largest absolute Gasteiger partial charge is 0.329 e. The molecule has 0 radical (unpaired) electrons. The van der Waals surface area contributed by atoms with E-state index in [1.807, 2.05) is 11.8 Å². The van der Waals surface area contributed by atoms with Crippen LogP contribution in [0.3, 0.4) is 0 Å². The van der Waals surface area contributed by atoms with Crippen LogP contribution in [0, 0.1) is 0 Å². The lowest BCUT2D eigenvalue weighted by Crippen LogP contribution is -2.44. The van der Waals surface area contributed by atoms with Crippen molar-refractivity contribution in [3.05, 3.63) is 0 Å². The summed E-state index contributed by atoms with van der Waals surface area (Å²) in [5.41, 5.74) is 5.75. The highest BCUT2D eigenvalue weighted by Gasteiger charge is 2.19. The summed E-state index contributed by atoms with van der Waals surface area (Å²) in [6, 6.07) is 0.672. The van der Waals surface area contributed by atoms with Gasteiger partial charge in [-0.15, -0.1) is 12.4 Å². The van der Waals surface area contributed by atoms with Crippen LogP contribution in [-0.4, -0.2) is 42.1 Å². The standard InChI is InChI=1S/C10H22N2S.ClH/c1-2-13-8-7-12-6-4-3-5-10(12)9-11;/h10H,2-9,11H2,1H3;1H. The average molecular weight is 239 g/mol. The molecule has 0 bridgehead atoms. The maximum atomic E-state index is 5.75. The number of piperidine rings is 1. The molecule has 0 saturated carbocycles. The SMILES string of the molecule is CCSCCN1CCCCC1CN.Cl. The van der Waals surface area contributed by atoms with Gasteiger partial charge in [-0.1, -0.05) is 13.3 Å². The van der Waals surface area contributed by atoms with Crippen LogP contribution in [0.15, 0.2) is 0 Å². The number of nitrogens with zero attached hydrogens (tertiary/aromatic N) is 1. The van der Waals surface area contributed by atoms with Crippen molar-refractivity contribution in [2.45, 2.75) is 32.2 Å². The molecule has 1 unspecified atom stereocenters. The van der Waals surface area contributed by atoms with Gasteiger partial charge in [-0.3, -0.25) is 4.90 Å². The van der Waals surface area contributed by atoms with Gasteiger partial charge in [-0.2, -0.15) is 11.8 Å². The topological polar surface area (TPSA) is 29.3 Å². The molecule has 1 aliphatic rings. The Balaban J connectivity index is 0.00000169. The molecule has 1 saturated heterocycles. The van der Waals surface area contributed by atoms with E-state index < -0.39 is 0 Å². The second-order valence-corrected chi connectivity index (χ2v) is 5.01. The van der Waals surface area contributed by atoms with E-state index in [1.54, 1.807) is 0 Å². The summed E-state index contributed by atoms with van der Waals surface area (Å²) in [5.74, 6) is 2.51. The Morgan fingerprint density at radius 2 is 2.21 bits per heavy atom. The van der Waals surface area contributed by atoms with E-state index >= 15 is 0 Å². The molecule has 0 aromatic rings. The molecule has 1 fully saturated rings. The molecule has 1 atom stereocenters. The molecule has 2 N–H and O–H groups in total. The van der Waals surface area contributed by atoms with E-state index in [1.165, 1.54) is 43.9 Å². The van der Waals surface area contributed by atoms with E-state index in [4.69, 9.17) is 5.73 Å². The predicted molar refractivity (Wildman–Crippen MR) is 68.5 cm³/mol. The summed E-state index contributed by atoms with van der Waals surface area (Å²) in [7, 11) is 0. The van der Waals surface area contributed by atoms with Crippen LogP contribution in [-0.2, 0) is 0 Å². The van der Waals surface area contributed by atoms with Crippen molar-refractivity contribution >= 4 is 24.2 Å². The number of hydrogen-bond donors (Lipinski definition) is 1. The van der Waals surface area contributed by atoms with E-state index in [9.17, 15) is 0 Å². The summed E-state index contributed by atoms with van der Waals surface area (Å²) in [4.78, 5) is 2.58. The fourth-order valence-electron chi connectivity index (χ4n) is 1.95. The Labute approximate surface area is 98.4 Å². The summed E-state index contributed by atoms with van der Waals surface area (Å²) in [5, 5.41) is 0. The van der Waals surface area contributed by atoms with Crippen molar-refractivity contribution < 1.29 is 0 Å².